The summed E-state index contributed by atoms with van der Waals surface area (Å²) in [4.78, 5) is 0. The van der Waals surface area contributed by atoms with Crippen molar-refractivity contribution in [2.45, 2.75) is 77.0 Å². The molecule has 4 fully saturated rings. The lowest BCUT2D eigenvalue weighted by Crippen LogP contribution is -2.43. The Morgan fingerprint density at radius 1 is 0.750 bits per heavy atom. The van der Waals surface area contributed by atoms with E-state index in [1.807, 2.05) is 12.1 Å². The number of hydrogen-bond acceptors (Lipinski definition) is 2. The molecule has 2 aromatic carbocycles. The van der Waals surface area contributed by atoms with Gasteiger partial charge in [-0.25, -0.2) is 0 Å². The van der Waals surface area contributed by atoms with E-state index in [1.165, 1.54) is 62.3 Å². The van der Waals surface area contributed by atoms with Crippen LogP contribution in [0, 0.1) is 23.7 Å². The Balaban J connectivity index is 1.46. The largest absolute Gasteiger partial charge is 0.508 e. The molecule has 0 aromatic heterocycles. The zero-order valence-corrected chi connectivity index (χ0v) is 17.2. The molecule has 4 bridgehead atoms. The summed E-state index contributed by atoms with van der Waals surface area (Å²) in [6.07, 6.45) is 12.7. The Morgan fingerprint density at radius 2 is 1.39 bits per heavy atom. The fraction of sp³-hybridized carbons (Fsp3) is 0.615. The first-order chi connectivity index (χ1) is 13.6. The first-order valence-corrected chi connectivity index (χ1v) is 11.6. The van der Waals surface area contributed by atoms with Crippen molar-refractivity contribution in [1.82, 2.24) is 0 Å². The highest BCUT2D eigenvalue weighted by atomic mass is 16.3. The monoisotopic (exact) mass is 378 g/mol. The third kappa shape index (κ3) is 3.19. The minimum absolute atomic E-state index is 0.380. The number of aromatic hydroxyl groups is 2. The van der Waals surface area contributed by atoms with Gasteiger partial charge in [0, 0.05) is 0 Å². The highest BCUT2D eigenvalue weighted by Gasteiger charge is 2.49. The van der Waals surface area contributed by atoms with Gasteiger partial charge in [-0.2, -0.15) is 0 Å². The van der Waals surface area contributed by atoms with Crippen LogP contribution in [-0.4, -0.2) is 10.2 Å². The summed E-state index contributed by atoms with van der Waals surface area (Å²) in [6.45, 7) is 2.23. The second kappa shape index (κ2) is 7.28. The van der Waals surface area contributed by atoms with Gasteiger partial charge in [0.05, 0.1) is 0 Å². The lowest BCUT2D eigenvalue weighted by molar-refractivity contribution is -0.00342. The zero-order chi connectivity index (χ0) is 19.3. The molecule has 0 spiro atoms. The van der Waals surface area contributed by atoms with Crippen LogP contribution in [0.3, 0.4) is 0 Å². The molecule has 0 atom stereocenters. The molecule has 4 aliphatic rings. The Hall–Kier alpha value is -1.70. The molecule has 2 heteroatoms. The quantitative estimate of drug-likeness (QED) is 0.536. The van der Waals surface area contributed by atoms with E-state index in [9.17, 15) is 10.2 Å². The third-order valence-corrected chi connectivity index (χ3v) is 8.07. The van der Waals surface area contributed by atoms with Crippen molar-refractivity contribution in [1.29, 1.82) is 0 Å². The van der Waals surface area contributed by atoms with Gasteiger partial charge in [-0.05, 0) is 121 Å². The molecule has 2 nitrogen and oxygen atoms in total. The fourth-order valence-electron chi connectivity index (χ4n) is 7.03. The molecule has 28 heavy (non-hydrogen) atoms. The number of rotatable bonds is 6. The molecule has 150 valence electrons. The predicted octanol–water partition coefficient (Wildman–Crippen LogP) is 6.91. The molecular weight excluding hydrogens is 344 g/mol. The van der Waals surface area contributed by atoms with Crippen LogP contribution >= 0.6 is 0 Å². The van der Waals surface area contributed by atoms with E-state index in [0.717, 1.165) is 47.5 Å². The number of hydrogen-bond donors (Lipinski definition) is 2. The average Bonchev–Trinajstić information content (AvgIpc) is 2.65. The molecule has 0 saturated heterocycles. The zero-order valence-electron chi connectivity index (χ0n) is 17.2. The van der Waals surface area contributed by atoms with Crippen LogP contribution in [0.15, 0.2) is 24.3 Å². The molecule has 2 aromatic rings. The maximum absolute atomic E-state index is 10.9. The predicted molar refractivity (Wildman–Crippen MR) is 115 cm³/mol. The molecule has 4 aliphatic carbocycles. The van der Waals surface area contributed by atoms with E-state index in [2.05, 4.69) is 19.1 Å². The molecular formula is C26H34O2. The van der Waals surface area contributed by atoms with Crippen molar-refractivity contribution in [2.75, 3.05) is 0 Å². The second-order valence-electron chi connectivity index (χ2n) is 10.0. The maximum Gasteiger partial charge on any atom is 0.119 e. The molecule has 0 unspecified atom stereocenters. The molecule has 4 saturated carbocycles. The van der Waals surface area contributed by atoms with Gasteiger partial charge in [0.25, 0.3) is 0 Å². The maximum atomic E-state index is 10.9. The van der Waals surface area contributed by atoms with Crippen molar-refractivity contribution in [3.05, 3.63) is 35.4 Å². The summed E-state index contributed by atoms with van der Waals surface area (Å²) in [7, 11) is 0. The van der Waals surface area contributed by atoms with Gasteiger partial charge in [-0.1, -0.05) is 26.2 Å². The van der Waals surface area contributed by atoms with E-state index in [-0.39, 0.29) is 0 Å². The Labute approximate surface area is 169 Å². The lowest BCUT2D eigenvalue weighted by Gasteiger charge is -2.54. The van der Waals surface area contributed by atoms with E-state index >= 15 is 0 Å². The summed E-state index contributed by atoms with van der Waals surface area (Å²) in [5.74, 6) is 4.81. The molecule has 0 amide bonds. The molecule has 0 heterocycles. The summed E-state index contributed by atoms with van der Waals surface area (Å²) < 4.78 is 0. The normalized spacial score (nSPS) is 31.0. The summed E-state index contributed by atoms with van der Waals surface area (Å²) >= 11 is 0. The molecule has 2 N–H and O–H groups in total. The molecule has 0 radical (unpaired) electrons. The topological polar surface area (TPSA) is 40.5 Å². The SMILES string of the molecule is CCCCCCc1cc2cc(C3C4CC5CC(C4)CC3C5)c(O)cc2cc1O. The van der Waals surface area contributed by atoms with Crippen LogP contribution in [0.4, 0.5) is 0 Å². The van der Waals surface area contributed by atoms with Gasteiger partial charge < -0.3 is 10.2 Å². The van der Waals surface area contributed by atoms with Crippen molar-refractivity contribution in [2.24, 2.45) is 23.7 Å². The van der Waals surface area contributed by atoms with Crippen molar-refractivity contribution < 1.29 is 10.2 Å². The fourth-order valence-corrected chi connectivity index (χ4v) is 7.03. The third-order valence-electron chi connectivity index (χ3n) is 8.07. The Morgan fingerprint density at radius 3 is 2.07 bits per heavy atom. The minimum atomic E-state index is 0.380. The van der Waals surface area contributed by atoms with Gasteiger partial charge in [-0.15, -0.1) is 0 Å². The summed E-state index contributed by atoms with van der Waals surface area (Å²) in [5.41, 5.74) is 2.24. The van der Waals surface area contributed by atoms with Gasteiger partial charge in [0.2, 0.25) is 0 Å². The number of fused-ring (bicyclic) bond motifs is 1. The van der Waals surface area contributed by atoms with Crippen molar-refractivity contribution in [3.8, 4) is 11.5 Å². The summed E-state index contributed by atoms with van der Waals surface area (Å²) in [6, 6.07) is 8.18. The van der Waals surface area contributed by atoms with Crippen LogP contribution in [0.25, 0.3) is 10.8 Å². The van der Waals surface area contributed by atoms with Crippen LogP contribution < -0.4 is 0 Å². The standard InChI is InChI=1S/C26H34O2/c1-2-3-4-5-6-18-12-19-13-23(25(28)15-20(19)14-24(18)27)26-21-8-16-7-17(10-21)11-22(26)9-16/h12-17,21-22,26-28H,2-11H2,1H3. The first-order valence-electron chi connectivity index (χ1n) is 11.6. The Bertz CT molecular complexity index is 840. The number of phenolic OH excluding ortho intramolecular Hbond substituents is 2. The highest BCUT2D eigenvalue weighted by Crippen LogP contribution is 2.60. The lowest BCUT2D eigenvalue weighted by atomic mass is 9.50. The van der Waals surface area contributed by atoms with E-state index < -0.39 is 0 Å². The number of unbranched alkanes of at least 4 members (excludes halogenated alkanes) is 3. The number of aryl methyl sites for hydroxylation is 1. The smallest absolute Gasteiger partial charge is 0.119 e. The number of phenols is 2. The van der Waals surface area contributed by atoms with E-state index in [1.54, 1.807) is 0 Å². The van der Waals surface area contributed by atoms with Crippen LogP contribution in [0.2, 0.25) is 0 Å². The average molecular weight is 379 g/mol. The van der Waals surface area contributed by atoms with Gasteiger partial charge in [-0.3, -0.25) is 0 Å². The van der Waals surface area contributed by atoms with Gasteiger partial charge >= 0.3 is 0 Å². The highest BCUT2D eigenvalue weighted by molar-refractivity contribution is 5.87. The second-order valence-corrected chi connectivity index (χ2v) is 10.0. The number of benzene rings is 2. The van der Waals surface area contributed by atoms with Crippen LogP contribution in [-0.2, 0) is 6.42 Å². The Kier molecular flexibility index (Phi) is 4.77. The van der Waals surface area contributed by atoms with Crippen molar-refractivity contribution >= 4 is 10.8 Å². The van der Waals surface area contributed by atoms with E-state index in [0.29, 0.717) is 17.4 Å². The van der Waals surface area contributed by atoms with Crippen molar-refractivity contribution in [3.63, 3.8) is 0 Å². The molecule has 0 aliphatic heterocycles. The van der Waals surface area contributed by atoms with Gasteiger partial charge in [0.15, 0.2) is 0 Å². The summed E-state index contributed by atoms with van der Waals surface area (Å²) in [5, 5.41) is 23.5. The minimum Gasteiger partial charge on any atom is -0.508 e. The van der Waals surface area contributed by atoms with Crippen LogP contribution in [0.1, 0.15) is 81.8 Å². The van der Waals surface area contributed by atoms with Crippen LogP contribution in [0.5, 0.6) is 11.5 Å². The van der Waals surface area contributed by atoms with E-state index in [4.69, 9.17) is 0 Å². The first kappa shape index (κ1) is 18.3. The van der Waals surface area contributed by atoms with Gasteiger partial charge in [0.1, 0.15) is 11.5 Å². The molecule has 6 rings (SSSR count).